The van der Waals surface area contributed by atoms with E-state index in [1.165, 1.54) is 22.9 Å². The van der Waals surface area contributed by atoms with Crippen LogP contribution in [0, 0.1) is 0 Å². The topological polar surface area (TPSA) is 82.5 Å². The zero-order valence-electron chi connectivity index (χ0n) is 19.1. The van der Waals surface area contributed by atoms with Crippen molar-refractivity contribution in [2.24, 2.45) is 0 Å². The Morgan fingerprint density at radius 2 is 1.77 bits per heavy atom. The first-order valence-electron chi connectivity index (χ1n) is 11.1. The average molecular weight is 490 g/mol. The van der Waals surface area contributed by atoms with Crippen molar-refractivity contribution in [1.82, 2.24) is 14.9 Å². The van der Waals surface area contributed by atoms with E-state index < -0.39 is 0 Å². The molecule has 0 atom stereocenters. The van der Waals surface area contributed by atoms with Gasteiger partial charge in [0, 0.05) is 36.1 Å². The smallest absolute Gasteiger partial charge is 0.253 e. The van der Waals surface area contributed by atoms with Crippen molar-refractivity contribution < 1.29 is 14.3 Å². The number of amides is 1. The first-order valence-corrected chi connectivity index (χ1v) is 11.5. The van der Waals surface area contributed by atoms with Gasteiger partial charge < -0.3 is 19.4 Å². The van der Waals surface area contributed by atoms with Gasteiger partial charge in [-0.3, -0.25) is 9.59 Å². The molecule has 0 bridgehead atoms. The van der Waals surface area contributed by atoms with Gasteiger partial charge in [-0.1, -0.05) is 48.0 Å². The molecule has 4 aromatic rings. The third-order valence-electron chi connectivity index (χ3n) is 5.16. The van der Waals surface area contributed by atoms with Gasteiger partial charge in [0.2, 0.25) is 5.88 Å². The number of ether oxygens (including phenoxy) is 2. The van der Waals surface area contributed by atoms with Crippen LogP contribution in [0.25, 0.3) is 0 Å². The van der Waals surface area contributed by atoms with Crippen LogP contribution in [-0.4, -0.2) is 22.1 Å². The lowest BCUT2D eigenvalue weighted by atomic mass is 10.2. The van der Waals surface area contributed by atoms with Crippen molar-refractivity contribution in [2.45, 2.75) is 20.0 Å². The summed E-state index contributed by atoms with van der Waals surface area (Å²) in [6, 6.07) is 21.1. The number of aromatic nitrogens is 2. The second-order valence-electron chi connectivity index (χ2n) is 7.64. The quantitative estimate of drug-likeness (QED) is 0.355. The molecule has 0 saturated carbocycles. The Morgan fingerprint density at radius 1 is 1.00 bits per heavy atom. The molecule has 0 unspecified atom stereocenters. The summed E-state index contributed by atoms with van der Waals surface area (Å²) in [5, 5.41) is 3.42. The molecule has 0 radical (unpaired) electrons. The fourth-order valence-corrected chi connectivity index (χ4v) is 3.58. The third-order valence-corrected chi connectivity index (χ3v) is 5.53. The first-order chi connectivity index (χ1) is 17.0. The zero-order chi connectivity index (χ0) is 24.6. The highest BCUT2D eigenvalue weighted by molar-refractivity contribution is 6.31. The van der Waals surface area contributed by atoms with Crippen molar-refractivity contribution in [3.05, 3.63) is 117 Å². The molecule has 0 spiro atoms. The minimum absolute atomic E-state index is 0.216. The maximum Gasteiger partial charge on any atom is 0.253 e. The van der Waals surface area contributed by atoms with E-state index >= 15 is 0 Å². The van der Waals surface area contributed by atoms with Crippen LogP contribution in [0.1, 0.15) is 28.4 Å². The van der Waals surface area contributed by atoms with E-state index in [-0.39, 0.29) is 24.6 Å². The monoisotopic (exact) mass is 489 g/mol. The number of hydrogen-bond donors (Lipinski definition) is 1. The lowest BCUT2D eigenvalue weighted by Gasteiger charge is -2.11. The number of nitrogens with zero attached hydrogens (tertiary/aromatic N) is 2. The van der Waals surface area contributed by atoms with E-state index in [0.29, 0.717) is 34.6 Å². The number of carbonyl (C=O) groups excluding carboxylic acids is 1. The van der Waals surface area contributed by atoms with Crippen LogP contribution in [0.2, 0.25) is 5.02 Å². The van der Waals surface area contributed by atoms with Gasteiger partial charge in [0.25, 0.3) is 11.5 Å². The van der Waals surface area contributed by atoms with Crippen LogP contribution in [0.5, 0.6) is 17.4 Å². The molecule has 2 aromatic carbocycles. The van der Waals surface area contributed by atoms with Crippen LogP contribution in [0.4, 0.5) is 0 Å². The Hall–Kier alpha value is -4.10. The van der Waals surface area contributed by atoms with Crippen LogP contribution in [0.15, 0.2) is 90.0 Å². The van der Waals surface area contributed by atoms with E-state index in [9.17, 15) is 9.59 Å². The molecule has 0 aliphatic rings. The molecule has 0 aliphatic heterocycles. The molecule has 2 aromatic heterocycles. The summed E-state index contributed by atoms with van der Waals surface area (Å²) >= 11 is 6.21. The van der Waals surface area contributed by atoms with E-state index in [1.807, 2.05) is 55.5 Å². The van der Waals surface area contributed by atoms with Gasteiger partial charge in [0.1, 0.15) is 0 Å². The average Bonchev–Trinajstić information content (AvgIpc) is 2.87. The van der Waals surface area contributed by atoms with Crippen molar-refractivity contribution >= 4 is 17.5 Å². The van der Waals surface area contributed by atoms with Crippen molar-refractivity contribution in [1.29, 1.82) is 0 Å². The van der Waals surface area contributed by atoms with Gasteiger partial charge in [0.15, 0.2) is 11.5 Å². The molecule has 7 nitrogen and oxygen atoms in total. The fourth-order valence-electron chi connectivity index (χ4n) is 3.38. The molecule has 1 N–H and O–H groups in total. The highest BCUT2D eigenvalue weighted by atomic mass is 35.5. The predicted molar refractivity (Wildman–Crippen MR) is 134 cm³/mol. The Morgan fingerprint density at radius 3 is 2.51 bits per heavy atom. The second kappa shape index (κ2) is 11.4. The summed E-state index contributed by atoms with van der Waals surface area (Å²) < 4.78 is 12.9. The maximum atomic E-state index is 12.7. The SMILES string of the molecule is CCOc1ccccc1Oc1ccc(CNC(=O)c2ccc(=O)n(Cc3ccccc3Cl)c2)cn1. The third kappa shape index (κ3) is 6.28. The summed E-state index contributed by atoms with van der Waals surface area (Å²) in [6.07, 6.45) is 3.17. The molecule has 0 aliphatic carbocycles. The Kier molecular flexibility index (Phi) is 7.80. The van der Waals surface area contributed by atoms with Crippen molar-refractivity contribution in [3.8, 4) is 17.4 Å². The lowest BCUT2D eigenvalue weighted by Crippen LogP contribution is -2.26. The Balaban J connectivity index is 1.38. The highest BCUT2D eigenvalue weighted by Gasteiger charge is 2.10. The number of benzene rings is 2. The van der Waals surface area contributed by atoms with Gasteiger partial charge in [-0.05, 0) is 42.3 Å². The molecular weight excluding hydrogens is 466 g/mol. The van der Waals surface area contributed by atoms with Crippen LogP contribution in [-0.2, 0) is 13.1 Å². The summed E-state index contributed by atoms with van der Waals surface area (Å²) in [4.78, 5) is 29.3. The van der Waals surface area contributed by atoms with Gasteiger partial charge in [-0.2, -0.15) is 0 Å². The summed E-state index contributed by atoms with van der Waals surface area (Å²) in [7, 11) is 0. The molecule has 35 heavy (non-hydrogen) atoms. The maximum absolute atomic E-state index is 12.7. The van der Waals surface area contributed by atoms with Gasteiger partial charge in [-0.15, -0.1) is 0 Å². The number of rotatable bonds is 9. The molecule has 8 heteroatoms. The van der Waals surface area contributed by atoms with Crippen LogP contribution < -0.4 is 20.3 Å². The van der Waals surface area contributed by atoms with E-state index in [0.717, 1.165) is 11.1 Å². The number of para-hydroxylation sites is 2. The van der Waals surface area contributed by atoms with Gasteiger partial charge >= 0.3 is 0 Å². The largest absolute Gasteiger partial charge is 0.490 e. The minimum Gasteiger partial charge on any atom is -0.490 e. The number of nitrogens with one attached hydrogen (secondary N) is 1. The minimum atomic E-state index is -0.302. The number of halogens is 1. The molecule has 2 heterocycles. The first kappa shape index (κ1) is 24.0. The number of hydrogen-bond acceptors (Lipinski definition) is 5. The number of carbonyl (C=O) groups is 1. The Bertz CT molecular complexity index is 1370. The highest BCUT2D eigenvalue weighted by Crippen LogP contribution is 2.30. The van der Waals surface area contributed by atoms with E-state index in [4.69, 9.17) is 21.1 Å². The lowest BCUT2D eigenvalue weighted by molar-refractivity contribution is 0.0950. The second-order valence-corrected chi connectivity index (χ2v) is 8.05. The normalized spacial score (nSPS) is 10.6. The van der Waals surface area contributed by atoms with Gasteiger partial charge in [-0.25, -0.2) is 4.98 Å². The molecular formula is C27H24ClN3O4. The number of pyridine rings is 2. The summed E-state index contributed by atoms with van der Waals surface area (Å²) in [5.41, 5.74) is 1.75. The molecule has 0 fully saturated rings. The van der Waals surface area contributed by atoms with Gasteiger partial charge in [0.05, 0.1) is 18.7 Å². The van der Waals surface area contributed by atoms with Crippen molar-refractivity contribution in [3.63, 3.8) is 0 Å². The Labute approximate surface area is 207 Å². The predicted octanol–water partition coefficient (Wildman–Crippen LogP) is 5.07. The van der Waals surface area contributed by atoms with Crippen LogP contribution >= 0.6 is 11.6 Å². The zero-order valence-corrected chi connectivity index (χ0v) is 19.9. The fraction of sp³-hybridized carbons (Fsp3) is 0.148. The molecule has 4 rings (SSSR count). The summed E-state index contributed by atoms with van der Waals surface area (Å²) in [6.45, 7) is 2.98. The van der Waals surface area contributed by atoms with E-state index in [1.54, 1.807) is 18.3 Å². The molecule has 0 saturated heterocycles. The standard InChI is InChI=1S/C27H24ClN3O4/c1-2-34-23-9-5-6-10-24(23)35-25-13-11-19(15-29-25)16-30-27(33)21-12-14-26(32)31(18-21)17-20-7-3-4-8-22(20)28/h3-15,18H,2,16-17H2,1H3,(H,30,33). The van der Waals surface area contributed by atoms with Crippen LogP contribution in [0.3, 0.4) is 0 Å². The van der Waals surface area contributed by atoms with Crippen molar-refractivity contribution in [2.75, 3.05) is 6.61 Å². The van der Waals surface area contributed by atoms with E-state index in [2.05, 4.69) is 10.3 Å². The molecule has 1 amide bonds. The summed E-state index contributed by atoms with van der Waals surface area (Å²) in [5.74, 6) is 1.33. The molecule has 178 valence electrons.